The fourth-order valence-corrected chi connectivity index (χ4v) is 2.21. The van der Waals surface area contributed by atoms with Gasteiger partial charge in [0, 0.05) is 18.8 Å². The number of rotatable bonds is 4. The number of benzene rings is 1. The number of carbonyl (C=O) groups is 1. The summed E-state index contributed by atoms with van der Waals surface area (Å²) in [4.78, 5) is 16.4. The van der Waals surface area contributed by atoms with Crippen molar-refractivity contribution in [2.45, 2.75) is 6.54 Å². The molecule has 0 radical (unpaired) electrons. The number of carbonyl (C=O) groups excluding carboxylic acids is 1. The van der Waals surface area contributed by atoms with Gasteiger partial charge in [-0.3, -0.25) is 14.5 Å². The van der Waals surface area contributed by atoms with Crippen LogP contribution >= 0.6 is 0 Å². The number of hydrogen-bond acceptors (Lipinski definition) is 3. The minimum absolute atomic E-state index is 0.237. The van der Waals surface area contributed by atoms with Gasteiger partial charge in [-0.1, -0.05) is 6.07 Å². The van der Waals surface area contributed by atoms with Gasteiger partial charge in [0.15, 0.2) is 0 Å². The van der Waals surface area contributed by atoms with Crippen LogP contribution in [0.5, 0.6) is 0 Å². The molecule has 0 bridgehead atoms. The van der Waals surface area contributed by atoms with Crippen LogP contribution in [0.3, 0.4) is 0 Å². The highest BCUT2D eigenvalue weighted by Gasteiger charge is 2.14. The number of halogens is 1. The summed E-state index contributed by atoms with van der Waals surface area (Å²) in [6, 6.07) is 13.2. The molecule has 2 heterocycles. The van der Waals surface area contributed by atoms with E-state index in [4.69, 9.17) is 0 Å². The van der Waals surface area contributed by atoms with Crippen LogP contribution < -0.4 is 5.32 Å². The highest BCUT2D eigenvalue weighted by molar-refractivity contribution is 5.93. The van der Waals surface area contributed by atoms with Crippen molar-refractivity contribution >= 4 is 5.91 Å². The molecular weight excluding hydrogens is 295 g/mol. The Bertz CT molecular complexity index is 812. The van der Waals surface area contributed by atoms with Gasteiger partial charge < -0.3 is 5.32 Å². The maximum Gasteiger partial charge on any atom is 0.269 e. The van der Waals surface area contributed by atoms with Crippen molar-refractivity contribution in [3.8, 4) is 11.3 Å². The summed E-state index contributed by atoms with van der Waals surface area (Å²) in [5.41, 5.74) is 2.59. The average Bonchev–Trinajstić information content (AvgIpc) is 2.96. The Balaban J connectivity index is 1.75. The first-order valence-corrected chi connectivity index (χ1v) is 7.11. The number of aryl methyl sites for hydroxylation is 1. The Hall–Kier alpha value is -3.02. The Morgan fingerprint density at radius 3 is 2.70 bits per heavy atom. The lowest BCUT2D eigenvalue weighted by atomic mass is 10.1. The number of nitrogens with one attached hydrogen (secondary N) is 1. The summed E-state index contributed by atoms with van der Waals surface area (Å²) in [6.45, 7) is 0.344. The first-order valence-electron chi connectivity index (χ1n) is 7.11. The van der Waals surface area contributed by atoms with Crippen LogP contribution in [0.25, 0.3) is 11.3 Å². The van der Waals surface area contributed by atoms with Crippen molar-refractivity contribution in [3.63, 3.8) is 0 Å². The number of amides is 1. The van der Waals surface area contributed by atoms with E-state index in [1.807, 2.05) is 18.2 Å². The number of aromatic nitrogens is 3. The van der Waals surface area contributed by atoms with E-state index in [1.165, 1.54) is 16.8 Å². The zero-order valence-electron chi connectivity index (χ0n) is 12.5. The highest BCUT2D eigenvalue weighted by Crippen LogP contribution is 2.19. The molecule has 2 aromatic heterocycles. The molecule has 0 spiro atoms. The monoisotopic (exact) mass is 310 g/mol. The normalized spacial score (nSPS) is 10.5. The fourth-order valence-electron chi connectivity index (χ4n) is 2.21. The Morgan fingerprint density at radius 1 is 1.22 bits per heavy atom. The van der Waals surface area contributed by atoms with Crippen molar-refractivity contribution in [1.82, 2.24) is 20.1 Å². The molecule has 0 fully saturated rings. The third-order valence-corrected chi connectivity index (χ3v) is 3.41. The summed E-state index contributed by atoms with van der Waals surface area (Å²) < 4.78 is 14.5. The molecule has 6 heteroatoms. The molecule has 0 aliphatic heterocycles. The topological polar surface area (TPSA) is 59.8 Å². The molecule has 3 rings (SSSR count). The summed E-state index contributed by atoms with van der Waals surface area (Å²) in [7, 11) is 1.70. The van der Waals surface area contributed by atoms with Gasteiger partial charge in [-0.15, -0.1) is 0 Å². The standard InChI is InChI=1S/C17H15FN4O/c1-22-16(17(23)20-11-14-4-2-3-9-19-14)10-15(21-22)12-5-7-13(18)8-6-12/h2-10H,11H2,1H3,(H,20,23). The van der Waals surface area contributed by atoms with Crippen LogP contribution in [0.15, 0.2) is 54.7 Å². The van der Waals surface area contributed by atoms with Crippen LogP contribution in [0.4, 0.5) is 4.39 Å². The predicted octanol–water partition coefficient (Wildman–Crippen LogP) is 2.55. The second-order valence-corrected chi connectivity index (χ2v) is 5.05. The Kier molecular flexibility index (Phi) is 4.14. The lowest BCUT2D eigenvalue weighted by molar-refractivity contribution is 0.0941. The first-order chi connectivity index (χ1) is 11.1. The second kappa shape index (κ2) is 6.39. The van der Waals surface area contributed by atoms with E-state index in [9.17, 15) is 9.18 Å². The predicted molar refractivity (Wildman–Crippen MR) is 84.0 cm³/mol. The average molecular weight is 310 g/mol. The van der Waals surface area contributed by atoms with Crippen LogP contribution in [0.2, 0.25) is 0 Å². The first kappa shape index (κ1) is 14.9. The zero-order chi connectivity index (χ0) is 16.2. The largest absolute Gasteiger partial charge is 0.345 e. The number of nitrogens with zero attached hydrogens (tertiary/aromatic N) is 3. The number of hydrogen-bond donors (Lipinski definition) is 1. The molecule has 1 aromatic carbocycles. The van der Waals surface area contributed by atoms with E-state index < -0.39 is 0 Å². The van der Waals surface area contributed by atoms with Crippen molar-refractivity contribution in [3.05, 3.63) is 71.9 Å². The SMILES string of the molecule is Cn1nc(-c2ccc(F)cc2)cc1C(=O)NCc1ccccn1. The maximum absolute atomic E-state index is 13.0. The summed E-state index contributed by atoms with van der Waals surface area (Å²) in [5, 5.41) is 7.11. The minimum atomic E-state index is -0.307. The molecule has 0 aliphatic carbocycles. The molecule has 116 valence electrons. The molecular formula is C17H15FN4O. The van der Waals surface area contributed by atoms with E-state index in [-0.39, 0.29) is 11.7 Å². The lowest BCUT2D eigenvalue weighted by Crippen LogP contribution is -2.25. The summed E-state index contributed by atoms with van der Waals surface area (Å²) in [6.07, 6.45) is 1.68. The van der Waals surface area contributed by atoms with E-state index >= 15 is 0 Å². The molecule has 1 amide bonds. The van der Waals surface area contributed by atoms with Crippen molar-refractivity contribution in [2.75, 3.05) is 0 Å². The Labute approximate surface area is 132 Å². The van der Waals surface area contributed by atoms with Crippen LogP contribution in [0, 0.1) is 5.82 Å². The van der Waals surface area contributed by atoms with Crippen molar-refractivity contribution < 1.29 is 9.18 Å². The van der Waals surface area contributed by atoms with Gasteiger partial charge in [-0.25, -0.2) is 4.39 Å². The number of pyridine rings is 1. The minimum Gasteiger partial charge on any atom is -0.345 e. The quantitative estimate of drug-likeness (QED) is 0.805. The summed E-state index contributed by atoms with van der Waals surface area (Å²) in [5.74, 6) is -0.544. The highest BCUT2D eigenvalue weighted by atomic mass is 19.1. The van der Waals surface area contributed by atoms with Gasteiger partial charge in [0.05, 0.1) is 17.9 Å². The molecule has 0 saturated heterocycles. The van der Waals surface area contributed by atoms with Gasteiger partial charge in [0.25, 0.3) is 5.91 Å². The maximum atomic E-state index is 13.0. The summed E-state index contributed by atoms with van der Waals surface area (Å²) >= 11 is 0. The molecule has 0 saturated carbocycles. The van der Waals surface area contributed by atoms with E-state index in [0.717, 1.165) is 11.3 Å². The van der Waals surface area contributed by atoms with Gasteiger partial charge in [-0.05, 0) is 42.5 Å². The van der Waals surface area contributed by atoms with Gasteiger partial charge >= 0.3 is 0 Å². The van der Waals surface area contributed by atoms with Crippen LogP contribution in [0.1, 0.15) is 16.2 Å². The van der Waals surface area contributed by atoms with Crippen molar-refractivity contribution in [1.29, 1.82) is 0 Å². The van der Waals surface area contributed by atoms with Gasteiger partial charge in [0.1, 0.15) is 11.5 Å². The van der Waals surface area contributed by atoms with Crippen LogP contribution in [-0.2, 0) is 13.6 Å². The smallest absolute Gasteiger partial charge is 0.269 e. The fraction of sp³-hybridized carbons (Fsp3) is 0.118. The second-order valence-electron chi connectivity index (χ2n) is 5.05. The van der Waals surface area contributed by atoms with E-state index in [1.54, 1.807) is 31.4 Å². The Morgan fingerprint density at radius 2 is 2.00 bits per heavy atom. The van der Waals surface area contributed by atoms with E-state index in [0.29, 0.717) is 17.9 Å². The van der Waals surface area contributed by atoms with Gasteiger partial charge in [0.2, 0.25) is 0 Å². The van der Waals surface area contributed by atoms with E-state index in [2.05, 4.69) is 15.4 Å². The van der Waals surface area contributed by atoms with Gasteiger partial charge in [-0.2, -0.15) is 5.10 Å². The molecule has 23 heavy (non-hydrogen) atoms. The lowest BCUT2D eigenvalue weighted by Gasteiger charge is -2.04. The molecule has 0 unspecified atom stereocenters. The zero-order valence-corrected chi connectivity index (χ0v) is 12.5. The molecule has 0 aliphatic rings. The third kappa shape index (κ3) is 3.42. The third-order valence-electron chi connectivity index (χ3n) is 3.41. The van der Waals surface area contributed by atoms with Crippen molar-refractivity contribution in [2.24, 2.45) is 7.05 Å². The molecule has 5 nitrogen and oxygen atoms in total. The van der Waals surface area contributed by atoms with Crippen LogP contribution in [-0.4, -0.2) is 20.7 Å². The molecule has 3 aromatic rings. The molecule has 0 atom stereocenters. The molecule has 1 N–H and O–H groups in total.